The molecule has 0 aliphatic carbocycles. The Morgan fingerprint density at radius 3 is 2.56 bits per heavy atom. The lowest BCUT2D eigenvalue weighted by atomic mass is 10.1. The predicted molar refractivity (Wildman–Crippen MR) is 63.2 cm³/mol. The zero-order valence-electron chi connectivity index (χ0n) is 9.75. The highest BCUT2D eigenvalue weighted by Gasteiger charge is 2.58. The maximum absolute atomic E-state index is 12.5. The van der Waals surface area contributed by atoms with Gasteiger partial charge >= 0.3 is 11.9 Å². The Bertz CT molecular complexity index is 498. The summed E-state index contributed by atoms with van der Waals surface area (Å²) in [6, 6.07) is 8.36. The smallest absolute Gasteiger partial charge is 0.337 e. The van der Waals surface area contributed by atoms with Gasteiger partial charge in [-0.25, -0.2) is 9.59 Å². The number of hydrogen-bond acceptors (Lipinski definition) is 5. The van der Waals surface area contributed by atoms with Crippen molar-refractivity contribution in [1.29, 1.82) is 0 Å². The molecule has 0 amide bonds. The zero-order valence-corrected chi connectivity index (χ0v) is 10.6. The number of benzene rings is 1. The highest BCUT2D eigenvalue weighted by atomic mass is 32.2. The van der Waals surface area contributed by atoms with E-state index in [1.165, 1.54) is 0 Å². The Hall–Kier alpha value is -1.69. The van der Waals surface area contributed by atoms with Gasteiger partial charge in [0.05, 0.1) is 24.5 Å². The molecule has 6 heteroatoms. The number of rotatable bonds is 3. The topological polar surface area (TPSA) is 69.7 Å². The molecule has 0 N–H and O–H groups in total. The molecule has 1 aromatic rings. The fraction of sp³-hybridized carbons (Fsp3) is 0.333. The second-order valence-electron chi connectivity index (χ2n) is 3.79. The van der Waals surface area contributed by atoms with Crippen molar-refractivity contribution in [3.05, 3.63) is 30.3 Å². The summed E-state index contributed by atoms with van der Waals surface area (Å²) < 4.78 is 20.2. The molecule has 1 heterocycles. The van der Waals surface area contributed by atoms with E-state index in [-0.39, 0.29) is 13.0 Å². The number of methoxy groups -OCH3 is 1. The van der Waals surface area contributed by atoms with Crippen LogP contribution in [0.5, 0.6) is 0 Å². The lowest BCUT2D eigenvalue weighted by Crippen LogP contribution is -2.48. The summed E-state index contributed by atoms with van der Waals surface area (Å²) in [5.41, 5.74) is 0. The summed E-state index contributed by atoms with van der Waals surface area (Å²) in [5.74, 6) is -1.59. The first-order valence-electron chi connectivity index (χ1n) is 5.35. The van der Waals surface area contributed by atoms with E-state index in [0.29, 0.717) is 4.90 Å². The Morgan fingerprint density at radius 1 is 1.39 bits per heavy atom. The Labute approximate surface area is 107 Å². The standard InChI is InChI=1S/C12H12O5S/c1-16-10(13)12(7-8-17-11(12)14)18(15)9-5-3-2-4-6-9/h2-6H,7-8H2,1H3/t12-,18?/m1/s1. The van der Waals surface area contributed by atoms with Crippen molar-refractivity contribution >= 4 is 22.7 Å². The molecule has 0 spiro atoms. The number of cyclic esters (lactones) is 1. The van der Waals surface area contributed by atoms with Crippen LogP contribution in [0.3, 0.4) is 0 Å². The summed E-state index contributed by atoms with van der Waals surface area (Å²) in [6.45, 7) is 0.0759. The van der Waals surface area contributed by atoms with E-state index < -0.39 is 27.5 Å². The molecule has 96 valence electrons. The monoisotopic (exact) mass is 268 g/mol. The van der Waals surface area contributed by atoms with Gasteiger partial charge in [-0.3, -0.25) is 4.21 Å². The van der Waals surface area contributed by atoms with Gasteiger partial charge in [0, 0.05) is 11.3 Å². The van der Waals surface area contributed by atoms with Crippen LogP contribution in [0.2, 0.25) is 0 Å². The first-order valence-corrected chi connectivity index (χ1v) is 6.50. The zero-order chi connectivity index (χ0) is 13.2. The van der Waals surface area contributed by atoms with Crippen molar-refractivity contribution in [2.24, 2.45) is 0 Å². The number of carbonyl (C=O) groups excluding carboxylic acids is 2. The van der Waals surface area contributed by atoms with Crippen LogP contribution in [0, 0.1) is 0 Å². The molecule has 1 aliphatic heterocycles. The summed E-state index contributed by atoms with van der Waals surface area (Å²) in [7, 11) is -0.662. The number of hydrogen-bond donors (Lipinski definition) is 0. The molecule has 0 radical (unpaired) electrons. The third-order valence-corrected chi connectivity index (χ3v) is 4.68. The number of ether oxygens (including phenoxy) is 2. The summed E-state index contributed by atoms with van der Waals surface area (Å²) in [6.07, 6.45) is 0.0695. The molecule has 0 saturated carbocycles. The van der Waals surface area contributed by atoms with Crippen LogP contribution in [0.25, 0.3) is 0 Å². The highest BCUT2D eigenvalue weighted by molar-refractivity contribution is 7.88. The van der Waals surface area contributed by atoms with Crippen LogP contribution in [0.1, 0.15) is 6.42 Å². The van der Waals surface area contributed by atoms with Gasteiger partial charge in [-0.1, -0.05) is 18.2 Å². The fourth-order valence-electron chi connectivity index (χ4n) is 1.85. The lowest BCUT2D eigenvalue weighted by molar-refractivity contribution is -0.151. The van der Waals surface area contributed by atoms with Crippen LogP contribution < -0.4 is 0 Å². The van der Waals surface area contributed by atoms with E-state index >= 15 is 0 Å². The Morgan fingerprint density at radius 2 is 2.06 bits per heavy atom. The minimum absolute atomic E-state index is 0.0695. The molecule has 1 saturated heterocycles. The Balaban J connectivity index is 2.46. The Kier molecular flexibility index (Phi) is 3.47. The predicted octanol–water partition coefficient (Wildman–Crippen LogP) is 0.653. The molecule has 0 bridgehead atoms. The van der Waals surface area contributed by atoms with Crippen molar-refractivity contribution < 1.29 is 23.3 Å². The van der Waals surface area contributed by atoms with Crippen LogP contribution in [-0.2, 0) is 29.9 Å². The molecule has 18 heavy (non-hydrogen) atoms. The molecule has 0 aromatic heterocycles. The first-order chi connectivity index (χ1) is 8.63. The molecule has 1 aliphatic rings. The largest absolute Gasteiger partial charge is 0.467 e. The summed E-state index contributed by atoms with van der Waals surface area (Å²) in [4.78, 5) is 24.0. The van der Waals surface area contributed by atoms with Crippen molar-refractivity contribution in [1.82, 2.24) is 0 Å². The molecular formula is C12H12O5S. The quantitative estimate of drug-likeness (QED) is 0.594. The molecule has 5 nitrogen and oxygen atoms in total. The van der Waals surface area contributed by atoms with Crippen molar-refractivity contribution in [2.45, 2.75) is 16.1 Å². The van der Waals surface area contributed by atoms with Crippen LogP contribution >= 0.6 is 0 Å². The molecular weight excluding hydrogens is 256 g/mol. The molecule has 2 atom stereocenters. The summed E-state index contributed by atoms with van der Waals surface area (Å²) in [5, 5.41) is 0. The minimum Gasteiger partial charge on any atom is -0.467 e. The second-order valence-corrected chi connectivity index (χ2v) is 5.49. The minimum atomic E-state index is -1.83. The SMILES string of the molecule is COC(=O)[C@]1(S(=O)c2ccccc2)CCOC1=O. The normalized spacial score (nSPS) is 24.4. The highest BCUT2D eigenvalue weighted by Crippen LogP contribution is 2.32. The first kappa shape index (κ1) is 12.8. The van der Waals surface area contributed by atoms with Gasteiger partial charge < -0.3 is 9.47 Å². The van der Waals surface area contributed by atoms with E-state index in [4.69, 9.17) is 4.74 Å². The van der Waals surface area contributed by atoms with E-state index in [1.54, 1.807) is 30.3 Å². The number of esters is 2. The molecule has 1 aromatic carbocycles. The van der Waals surface area contributed by atoms with Gasteiger partial charge in [0.1, 0.15) is 0 Å². The van der Waals surface area contributed by atoms with Crippen LogP contribution in [-0.4, -0.2) is 34.6 Å². The van der Waals surface area contributed by atoms with Gasteiger partial charge in [-0.05, 0) is 12.1 Å². The van der Waals surface area contributed by atoms with Crippen molar-refractivity contribution in [2.75, 3.05) is 13.7 Å². The average Bonchev–Trinajstić information content (AvgIpc) is 2.81. The van der Waals surface area contributed by atoms with Gasteiger partial charge in [-0.2, -0.15) is 0 Å². The maximum Gasteiger partial charge on any atom is 0.337 e. The van der Waals surface area contributed by atoms with E-state index in [0.717, 1.165) is 7.11 Å². The molecule has 1 fully saturated rings. The van der Waals surface area contributed by atoms with Crippen molar-refractivity contribution in [3.63, 3.8) is 0 Å². The van der Waals surface area contributed by atoms with Gasteiger partial charge in [0.2, 0.25) is 4.75 Å². The van der Waals surface area contributed by atoms with E-state index in [2.05, 4.69) is 4.74 Å². The number of carbonyl (C=O) groups is 2. The van der Waals surface area contributed by atoms with Crippen LogP contribution in [0.15, 0.2) is 35.2 Å². The summed E-state index contributed by atoms with van der Waals surface area (Å²) >= 11 is 0. The maximum atomic E-state index is 12.5. The third kappa shape index (κ3) is 1.82. The van der Waals surface area contributed by atoms with Gasteiger partial charge in [-0.15, -0.1) is 0 Å². The van der Waals surface area contributed by atoms with E-state index in [1.807, 2.05) is 0 Å². The van der Waals surface area contributed by atoms with Gasteiger partial charge in [0.15, 0.2) is 0 Å². The van der Waals surface area contributed by atoms with Crippen molar-refractivity contribution in [3.8, 4) is 0 Å². The molecule has 1 unspecified atom stereocenters. The second kappa shape index (κ2) is 4.89. The molecule has 2 rings (SSSR count). The van der Waals surface area contributed by atoms with Gasteiger partial charge in [0.25, 0.3) is 0 Å². The van der Waals surface area contributed by atoms with Crippen LogP contribution in [0.4, 0.5) is 0 Å². The average molecular weight is 268 g/mol. The lowest BCUT2D eigenvalue weighted by Gasteiger charge is -2.20. The third-order valence-electron chi connectivity index (χ3n) is 2.81. The van der Waals surface area contributed by atoms with E-state index in [9.17, 15) is 13.8 Å². The fourth-order valence-corrected chi connectivity index (χ4v) is 3.37.